The molecule has 6 nitrogen and oxygen atoms in total. The van der Waals surface area contributed by atoms with Crippen molar-refractivity contribution in [1.82, 2.24) is 24.7 Å². The Balaban J connectivity index is 1.91. The van der Waals surface area contributed by atoms with E-state index >= 15 is 0 Å². The Bertz CT molecular complexity index is 509. The van der Waals surface area contributed by atoms with Crippen molar-refractivity contribution in [2.75, 3.05) is 11.9 Å². The van der Waals surface area contributed by atoms with Crippen molar-refractivity contribution >= 4 is 17.4 Å². The molecule has 17 heavy (non-hydrogen) atoms. The van der Waals surface area contributed by atoms with Crippen LogP contribution in [-0.4, -0.2) is 31.3 Å². The van der Waals surface area contributed by atoms with Crippen LogP contribution in [0.3, 0.4) is 0 Å². The fraction of sp³-hybridized carbons (Fsp3) is 0.400. The van der Waals surface area contributed by atoms with Crippen LogP contribution in [0.5, 0.6) is 0 Å². The van der Waals surface area contributed by atoms with Gasteiger partial charge in [0, 0.05) is 31.8 Å². The lowest BCUT2D eigenvalue weighted by molar-refractivity contribution is 0.741. The molecule has 1 N–H and O–H groups in total. The number of rotatable bonds is 4. The zero-order chi connectivity index (χ0) is 12.3. The van der Waals surface area contributed by atoms with E-state index in [-0.39, 0.29) is 5.28 Å². The summed E-state index contributed by atoms with van der Waals surface area (Å²) in [6.45, 7) is 2.63. The van der Waals surface area contributed by atoms with Gasteiger partial charge in [0.25, 0.3) is 0 Å². The van der Waals surface area contributed by atoms with Gasteiger partial charge in [-0.25, -0.2) is 15.0 Å². The maximum absolute atomic E-state index is 5.73. The summed E-state index contributed by atoms with van der Waals surface area (Å²) in [5, 5.41) is 7.62. The van der Waals surface area contributed by atoms with E-state index in [1.807, 2.05) is 14.0 Å². The van der Waals surface area contributed by atoms with E-state index in [1.54, 1.807) is 17.2 Å². The summed E-state index contributed by atoms with van der Waals surface area (Å²) in [5.74, 6) is 1.55. The third-order valence-electron chi connectivity index (χ3n) is 2.23. The van der Waals surface area contributed by atoms with Gasteiger partial charge >= 0.3 is 0 Å². The van der Waals surface area contributed by atoms with Crippen LogP contribution < -0.4 is 5.32 Å². The number of halogens is 1. The SMILES string of the molecule is Cc1cnc(Cl)nc1NCCc1ncn(C)n1. The number of aromatic nitrogens is 5. The van der Waals surface area contributed by atoms with Gasteiger partial charge in [0.15, 0.2) is 5.82 Å². The van der Waals surface area contributed by atoms with Crippen LogP contribution >= 0.6 is 11.6 Å². The molecule has 0 aliphatic carbocycles. The zero-order valence-corrected chi connectivity index (χ0v) is 10.4. The van der Waals surface area contributed by atoms with Crippen molar-refractivity contribution in [2.45, 2.75) is 13.3 Å². The summed E-state index contributed by atoms with van der Waals surface area (Å²) in [5.41, 5.74) is 0.961. The molecule has 0 atom stereocenters. The predicted octanol–water partition coefficient (Wildman–Crippen LogP) is 1.22. The Morgan fingerprint density at radius 3 is 2.94 bits per heavy atom. The monoisotopic (exact) mass is 252 g/mol. The highest BCUT2D eigenvalue weighted by molar-refractivity contribution is 6.28. The Labute approximate surface area is 104 Å². The first-order chi connectivity index (χ1) is 8.15. The topological polar surface area (TPSA) is 68.5 Å². The molecule has 0 aliphatic heterocycles. The Morgan fingerprint density at radius 2 is 2.24 bits per heavy atom. The average Bonchev–Trinajstić information content (AvgIpc) is 2.69. The number of aryl methyl sites for hydroxylation is 2. The number of hydrogen-bond donors (Lipinski definition) is 1. The Kier molecular flexibility index (Phi) is 3.53. The molecule has 0 fully saturated rings. The molecular weight excluding hydrogens is 240 g/mol. The normalized spacial score (nSPS) is 10.5. The van der Waals surface area contributed by atoms with Crippen LogP contribution in [0.4, 0.5) is 5.82 Å². The molecule has 2 aromatic heterocycles. The molecule has 2 aromatic rings. The van der Waals surface area contributed by atoms with Crippen molar-refractivity contribution in [3.8, 4) is 0 Å². The molecule has 0 aliphatic rings. The fourth-order valence-electron chi connectivity index (χ4n) is 1.39. The van der Waals surface area contributed by atoms with Gasteiger partial charge in [0.2, 0.25) is 5.28 Å². The molecule has 2 heterocycles. The molecule has 0 amide bonds. The molecule has 7 heteroatoms. The minimum absolute atomic E-state index is 0.245. The largest absolute Gasteiger partial charge is 0.369 e. The third-order valence-corrected chi connectivity index (χ3v) is 2.41. The molecule has 0 aromatic carbocycles. The maximum atomic E-state index is 5.73. The molecule has 0 radical (unpaired) electrons. The van der Waals surface area contributed by atoms with Crippen LogP contribution in [0.15, 0.2) is 12.5 Å². The maximum Gasteiger partial charge on any atom is 0.224 e. The van der Waals surface area contributed by atoms with Gasteiger partial charge in [-0.1, -0.05) is 0 Å². The highest BCUT2D eigenvalue weighted by Gasteiger charge is 2.03. The fourth-order valence-corrected chi connectivity index (χ4v) is 1.52. The van der Waals surface area contributed by atoms with E-state index in [0.717, 1.165) is 23.6 Å². The first-order valence-corrected chi connectivity index (χ1v) is 5.60. The lowest BCUT2D eigenvalue weighted by Gasteiger charge is -2.06. The average molecular weight is 253 g/mol. The number of anilines is 1. The van der Waals surface area contributed by atoms with Crippen molar-refractivity contribution in [3.63, 3.8) is 0 Å². The summed E-state index contributed by atoms with van der Waals surface area (Å²) in [7, 11) is 1.85. The lowest BCUT2D eigenvalue weighted by Crippen LogP contribution is -2.09. The van der Waals surface area contributed by atoms with Gasteiger partial charge in [-0.15, -0.1) is 0 Å². The summed E-state index contributed by atoms with van der Waals surface area (Å²) < 4.78 is 1.68. The molecule has 90 valence electrons. The number of nitrogens with one attached hydrogen (secondary N) is 1. The summed E-state index contributed by atoms with van der Waals surface area (Å²) in [4.78, 5) is 12.1. The van der Waals surface area contributed by atoms with E-state index < -0.39 is 0 Å². The first-order valence-electron chi connectivity index (χ1n) is 5.22. The van der Waals surface area contributed by atoms with Crippen LogP contribution in [-0.2, 0) is 13.5 Å². The van der Waals surface area contributed by atoms with Crippen molar-refractivity contribution in [2.24, 2.45) is 7.05 Å². The van der Waals surface area contributed by atoms with E-state index in [2.05, 4.69) is 25.4 Å². The standard InChI is InChI=1S/C10H13ClN6/c1-7-5-13-10(11)15-9(7)12-4-3-8-14-6-17(2)16-8/h5-6H,3-4H2,1-2H3,(H,12,13,15). The number of nitrogens with zero attached hydrogens (tertiary/aromatic N) is 5. The van der Waals surface area contributed by atoms with Crippen LogP contribution in [0.1, 0.15) is 11.4 Å². The van der Waals surface area contributed by atoms with Gasteiger partial charge in [-0.2, -0.15) is 5.10 Å². The van der Waals surface area contributed by atoms with Gasteiger partial charge in [-0.05, 0) is 18.5 Å². The lowest BCUT2D eigenvalue weighted by atomic mass is 10.3. The second-order valence-corrected chi connectivity index (χ2v) is 4.02. The third kappa shape index (κ3) is 3.13. The summed E-state index contributed by atoms with van der Waals surface area (Å²) >= 11 is 5.73. The highest BCUT2D eigenvalue weighted by atomic mass is 35.5. The molecule has 0 spiro atoms. The van der Waals surface area contributed by atoms with E-state index in [0.29, 0.717) is 6.54 Å². The second-order valence-electron chi connectivity index (χ2n) is 3.68. The van der Waals surface area contributed by atoms with Gasteiger partial charge in [0.1, 0.15) is 12.1 Å². The summed E-state index contributed by atoms with van der Waals surface area (Å²) in [6, 6.07) is 0. The quantitative estimate of drug-likeness (QED) is 0.829. The first kappa shape index (κ1) is 11.8. The van der Waals surface area contributed by atoms with Crippen molar-refractivity contribution in [1.29, 1.82) is 0 Å². The van der Waals surface area contributed by atoms with Crippen LogP contribution in [0, 0.1) is 6.92 Å². The highest BCUT2D eigenvalue weighted by Crippen LogP contribution is 2.12. The molecule has 2 rings (SSSR count). The number of hydrogen-bond acceptors (Lipinski definition) is 5. The summed E-state index contributed by atoms with van der Waals surface area (Å²) in [6.07, 6.45) is 4.11. The second kappa shape index (κ2) is 5.09. The minimum atomic E-state index is 0.245. The molecule has 0 saturated carbocycles. The van der Waals surface area contributed by atoms with Crippen molar-refractivity contribution < 1.29 is 0 Å². The predicted molar refractivity (Wildman–Crippen MR) is 65.0 cm³/mol. The molecule has 0 bridgehead atoms. The van der Waals surface area contributed by atoms with E-state index in [4.69, 9.17) is 11.6 Å². The molecule has 0 unspecified atom stereocenters. The smallest absolute Gasteiger partial charge is 0.224 e. The van der Waals surface area contributed by atoms with Gasteiger partial charge in [-0.3, -0.25) is 4.68 Å². The van der Waals surface area contributed by atoms with Crippen LogP contribution in [0.2, 0.25) is 5.28 Å². The molecule has 0 saturated heterocycles. The zero-order valence-electron chi connectivity index (χ0n) is 9.68. The van der Waals surface area contributed by atoms with Crippen molar-refractivity contribution in [3.05, 3.63) is 29.2 Å². The van der Waals surface area contributed by atoms with Crippen LogP contribution in [0.25, 0.3) is 0 Å². The minimum Gasteiger partial charge on any atom is -0.369 e. The van der Waals surface area contributed by atoms with E-state index in [9.17, 15) is 0 Å². The van der Waals surface area contributed by atoms with Gasteiger partial charge in [0.05, 0.1) is 0 Å². The Hall–Kier alpha value is -1.69. The van der Waals surface area contributed by atoms with E-state index in [1.165, 1.54) is 0 Å². The molecular formula is C10H13ClN6. The van der Waals surface area contributed by atoms with Gasteiger partial charge < -0.3 is 5.32 Å². The Morgan fingerprint density at radius 1 is 1.41 bits per heavy atom.